The molecule has 0 radical (unpaired) electrons. The second-order valence-corrected chi connectivity index (χ2v) is 12.6. The number of thiazole rings is 1. The van der Waals surface area contributed by atoms with Gasteiger partial charge < -0.3 is 14.9 Å². The average Bonchev–Trinajstić information content (AvgIpc) is 3.58. The number of aryl methyl sites for hydroxylation is 1. The number of ether oxygens (including phenoxy) is 1. The topological polar surface area (TPSA) is 177 Å². The van der Waals surface area contributed by atoms with Gasteiger partial charge in [0, 0.05) is 17.7 Å². The van der Waals surface area contributed by atoms with Crippen molar-refractivity contribution in [2.24, 2.45) is 0 Å². The Morgan fingerprint density at radius 2 is 1.77 bits per heavy atom. The van der Waals surface area contributed by atoms with Gasteiger partial charge in [0.15, 0.2) is 16.6 Å². The Hall–Kier alpha value is -5.08. The van der Waals surface area contributed by atoms with Crippen LogP contribution in [0.25, 0.3) is 5.76 Å². The average molecular weight is 622 g/mol. The van der Waals surface area contributed by atoms with E-state index in [0.717, 1.165) is 40.9 Å². The maximum atomic E-state index is 13.5. The number of nitro groups is 1. The highest BCUT2D eigenvalue weighted by molar-refractivity contribution is 7.93. The standard InChI is InChI=1S/C29H23N3O9S2/c1-3-41-22-14-18(8-13-21(22)33)25-24(26(34)17-6-4-16(2)5-7-17)27(35)28(36)31(25)29-30-15-23(42-29)43(39,40)20-11-9-19(10-12-20)32(37)38/h4-15,25,33-34H,3H2,1-2H3. The second-order valence-electron chi connectivity index (χ2n) is 9.41. The number of non-ortho nitro benzene ring substituents is 1. The molecule has 14 heteroatoms. The number of benzene rings is 3. The summed E-state index contributed by atoms with van der Waals surface area (Å²) >= 11 is 0.611. The van der Waals surface area contributed by atoms with Crippen LogP contribution in [0.1, 0.15) is 29.7 Å². The number of aliphatic hydroxyl groups excluding tert-OH is 1. The molecule has 0 aliphatic carbocycles. The number of anilines is 1. The summed E-state index contributed by atoms with van der Waals surface area (Å²) in [5.41, 5.74) is 0.901. The van der Waals surface area contributed by atoms with Crippen molar-refractivity contribution in [2.45, 2.75) is 29.0 Å². The number of hydrogen-bond acceptors (Lipinski definition) is 11. The molecule has 43 heavy (non-hydrogen) atoms. The number of carbonyl (C=O) groups is 2. The van der Waals surface area contributed by atoms with Crippen molar-refractivity contribution in [1.29, 1.82) is 0 Å². The largest absolute Gasteiger partial charge is 0.507 e. The fraction of sp³-hybridized carbons (Fsp3) is 0.138. The third-order valence-electron chi connectivity index (χ3n) is 6.67. The second kappa shape index (κ2) is 11.3. The predicted molar refractivity (Wildman–Crippen MR) is 156 cm³/mol. The Morgan fingerprint density at radius 3 is 2.40 bits per heavy atom. The molecule has 0 spiro atoms. The SMILES string of the molecule is CCOc1cc(C2C(=C(O)c3ccc(C)cc3)C(=O)C(=O)N2c2ncc(S(=O)(=O)c3ccc([N+](=O)[O-])cc3)s2)ccc1O. The third kappa shape index (κ3) is 5.33. The van der Waals surface area contributed by atoms with E-state index in [1.54, 1.807) is 31.2 Å². The molecule has 1 aliphatic rings. The highest BCUT2D eigenvalue weighted by Gasteiger charge is 2.48. The van der Waals surface area contributed by atoms with E-state index in [9.17, 15) is 38.3 Å². The molecular formula is C29H23N3O9S2. The normalized spacial score (nSPS) is 16.4. The van der Waals surface area contributed by atoms with Gasteiger partial charge in [-0.15, -0.1) is 0 Å². The summed E-state index contributed by atoms with van der Waals surface area (Å²) in [6.45, 7) is 3.76. The van der Waals surface area contributed by atoms with E-state index in [4.69, 9.17) is 4.74 Å². The predicted octanol–water partition coefficient (Wildman–Crippen LogP) is 4.92. The van der Waals surface area contributed by atoms with Crippen molar-refractivity contribution in [1.82, 2.24) is 4.98 Å². The van der Waals surface area contributed by atoms with Crippen molar-refractivity contribution in [3.05, 3.63) is 105 Å². The van der Waals surface area contributed by atoms with Gasteiger partial charge in [0.05, 0.1) is 34.2 Å². The molecule has 4 aromatic rings. The van der Waals surface area contributed by atoms with Crippen LogP contribution in [-0.4, -0.2) is 46.8 Å². The number of phenols is 1. The fourth-order valence-corrected chi connectivity index (χ4v) is 7.08. The number of phenolic OH excluding ortho intramolecular Hbond substituents is 1. The van der Waals surface area contributed by atoms with Crippen LogP contribution in [0.2, 0.25) is 0 Å². The number of nitro benzene ring substituents is 1. The highest BCUT2D eigenvalue weighted by Crippen LogP contribution is 2.45. The number of hydrogen-bond donors (Lipinski definition) is 2. The number of carbonyl (C=O) groups excluding carboxylic acids is 2. The van der Waals surface area contributed by atoms with Crippen molar-refractivity contribution in [3.63, 3.8) is 0 Å². The molecule has 3 aromatic carbocycles. The van der Waals surface area contributed by atoms with Crippen LogP contribution in [0.3, 0.4) is 0 Å². The van der Waals surface area contributed by atoms with Gasteiger partial charge in [-0.25, -0.2) is 13.4 Å². The highest BCUT2D eigenvalue weighted by atomic mass is 32.2. The molecule has 2 heterocycles. The van der Waals surface area contributed by atoms with Gasteiger partial charge in [-0.2, -0.15) is 0 Å². The molecular weight excluding hydrogens is 598 g/mol. The Bertz CT molecular complexity index is 1900. The van der Waals surface area contributed by atoms with Crippen LogP contribution in [0.15, 0.2) is 87.6 Å². The summed E-state index contributed by atoms with van der Waals surface area (Å²) < 4.78 is 31.8. The van der Waals surface area contributed by atoms with E-state index in [1.165, 1.54) is 18.2 Å². The van der Waals surface area contributed by atoms with Gasteiger partial charge in [-0.05, 0) is 43.7 Å². The minimum atomic E-state index is -4.20. The monoisotopic (exact) mass is 621 g/mol. The molecule has 1 saturated heterocycles. The summed E-state index contributed by atoms with van der Waals surface area (Å²) in [4.78, 5) is 42.2. The van der Waals surface area contributed by atoms with Gasteiger partial charge >= 0.3 is 5.91 Å². The molecule has 220 valence electrons. The molecule has 1 amide bonds. The van der Waals surface area contributed by atoms with Crippen molar-refractivity contribution in [2.75, 3.05) is 11.5 Å². The first-order valence-electron chi connectivity index (χ1n) is 12.7. The Kier molecular flexibility index (Phi) is 7.73. The molecule has 0 bridgehead atoms. The fourth-order valence-electron chi connectivity index (χ4n) is 4.53. The number of ketones is 1. The Labute approximate surface area is 249 Å². The minimum absolute atomic E-state index is 0.0708. The number of aliphatic hydroxyl groups is 1. The van der Waals surface area contributed by atoms with Crippen molar-refractivity contribution >= 4 is 49.4 Å². The van der Waals surface area contributed by atoms with Crippen LogP contribution in [0, 0.1) is 17.0 Å². The number of Topliss-reactive ketones (excluding diaryl/α,β-unsaturated/α-hetero) is 1. The maximum Gasteiger partial charge on any atom is 0.301 e. The van der Waals surface area contributed by atoms with Gasteiger partial charge in [-0.3, -0.25) is 24.6 Å². The molecule has 1 aromatic heterocycles. The van der Waals surface area contributed by atoms with Crippen LogP contribution >= 0.6 is 11.3 Å². The van der Waals surface area contributed by atoms with Crippen LogP contribution in [0.4, 0.5) is 10.8 Å². The maximum absolute atomic E-state index is 13.5. The third-order valence-corrected chi connectivity index (χ3v) is 9.90. The summed E-state index contributed by atoms with van der Waals surface area (Å²) in [7, 11) is -4.20. The van der Waals surface area contributed by atoms with Gasteiger partial charge in [0.25, 0.3) is 11.5 Å². The summed E-state index contributed by atoms with van der Waals surface area (Å²) in [5, 5.41) is 32.4. The van der Waals surface area contributed by atoms with Crippen molar-refractivity contribution < 1.29 is 37.9 Å². The lowest BCUT2D eigenvalue weighted by Gasteiger charge is -2.23. The van der Waals surface area contributed by atoms with E-state index in [-0.39, 0.29) is 54.7 Å². The number of aromatic nitrogens is 1. The lowest BCUT2D eigenvalue weighted by atomic mass is 9.95. The molecule has 0 saturated carbocycles. The molecule has 1 fully saturated rings. The first kappa shape index (κ1) is 29.4. The zero-order valence-electron chi connectivity index (χ0n) is 22.6. The number of sulfone groups is 1. The van der Waals surface area contributed by atoms with E-state index in [2.05, 4.69) is 4.98 Å². The summed E-state index contributed by atoms with van der Waals surface area (Å²) in [6, 6.07) is 13.9. The van der Waals surface area contributed by atoms with E-state index in [1.807, 2.05) is 6.92 Å². The molecule has 1 unspecified atom stereocenters. The minimum Gasteiger partial charge on any atom is -0.507 e. The molecule has 5 rings (SSSR count). The Morgan fingerprint density at radius 1 is 1.09 bits per heavy atom. The van der Waals surface area contributed by atoms with E-state index < -0.39 is 38.3 Å². The lowest BCUT2D eigenvalue weighted by Crippen LogP contribution is -2.29. The molecule has 2 N–H and O–H groups in total. The van der Waals surface area contributed by atoms with E-state index in [0.29, 0.717) is 11.3 Å². The summed E-state index contributed by atoms with van der Waals surface area (Å²) in [6.07, 6.45) is 1.02. The number of amides is 1. The zero-order chi connectivity index (χ0) is 31.1. The molecule has 12 nitrogen and oxygen atoms in total. The van der Waals surface area contributed by atoms with Gasteiger partial charge in [-0.1, -0.05) is 47.2 Å². The zero-order valence-corrected chi connectivity index (χ0v) is 24.3. The number of rotatable bonds is 8. The first-order valence-corrected chi connectivity index (χ1v) is 15.0. The van der Waals surface area contributed by atoms with Crippen LogP contribution in [-0.2, 0) is 19.4 Å². The van der Waals surface area contributed by atoms with Gasteiger partial charge in [0.2, 0.25) is 9.84 Å². The molecule has 1 atom stereocenters. The molecule has 1 aliphatic heterocycles. The number of nitrogens with zero attached hydrogens (tertiary/aromatic N) is 3. The number of aromatic hydroxyl groups is 1. The lowest BCUT2D eigenvalue weighted by molar-refractivity contribution is -0.384. The summed E-state index contributed by atoms with van der Waals surface area (Å²) in [5.74, 6) is -2.65. The van der Waals surface area contributed by atoms with Crippen molar-refractivity contribution in [3.8, 4) is 11.5 Å². The quantitative estimate of drug-likeness (QED) is 0.0902. The van der Waals surface area contributed by atoms with Gasteiger partial charge in [0.1, 0.15) is 9.97 Å². The first-order chi connectivity index (χ1) is 20.4. The Balaban J connectivity index is 1.65. The van der Waals surface area contributed by atoms with Crippen LogP contribution < -0.4 is 9.64 Å². The smallest absolute Gasteiger partial charge is 0.301 e. The van der Waals surface area contributed by atoms with E-state index >= 15 is 0 Å². The van der Waals surface area contributed by atoms with Crippen LogP contribution in [0.5, 0.6) is 11.5 Å².